The highest BCUT2D eigenvalue weighted by Crippen LogP contribution is 2.15. The molecule has 0 aliphatic rings. The first-order valence-corrected chi connectivity index (χ1v) is 6.41. The van der Waals surface area contributed by atoms with Gasteiger partial charge in [-0.3, -0.25) is 4.79 Å². The number of aryl methyl sites for hydroxylation is 1. The van der Waals surface area contributed by atoms with Gasteiger partial charge in [-0.15, -0.1) is 11.8 Å². The Kier molecular flexibility index (Phi) is 6.00. The van der Waals surface area contributed by atoms with E-state index in [-0.39, 0.29) is 11.6 Å². The molecule has 0 aliphatic heterocycles. The predicted octanol–water partition coefficient (Wildman–Crippen LogP) is 2.45. The van der Waals surface area contributed by atoms with Crippen molar-refractivity contribution < 1.29 is 13.9 Å². The van der Waals surface area contributed by atoms with Crippen LogP contribution in [0.15, 0.2) is 18.2 Å². The normalized spacial score (nSPS) is 10.3. The maximum atomic E-state index is 13.4. The summed E-state index contributed by atoms with van der Waals surface area (Å²) in [6.45, 7) is 2.41. The maximum Gasteiger partial charge on any atom is 0.234 e. The Morgan fingerprint density at radius 1 is 1.53 bits per heavy atom. The van der Waals surface area contributed by atoms with E-state index in [0.717, 1.165) is 11.3 Å². The van der Waals surface area contributed by atoms with Gasteiger partial charge < -0.3 is 10.1 Å². The van der Waals surface area contributed by atoms with E-state index in [9.17, 15) is 9.18 Å². The number of amides is 1. The van der Waals surface area contributed by atoms with Crippen molar-refractivity contribution in [3.05, 3.63) is 29.6 Å². The minimum Gasteiger partial charge on any atom is -0.384 e. The van der Waals surface area contributed by atoms with Crippen molar-refractivity contribution in [3.8, 4) is 0 Å². The molecule has 0 atom stereocenters. The van der Waals surface area contributed by atoms with Crippen LogP contribution in [0.2, 0.25) is 0 Å². The third-order valence-corrected chi connectivity index (χ3v) is 2.99. The molecule has 5 heteroatoms. The second-order valence-corrected chi connectivity index (χ2v) is 4.68. The molecule has 94 valence electrons. The van der Waals surface area contributed by atoms with Crippen molar-refractivity contribution in [2.45, 2.75) is 6.92 Å². The van der Waals surface area contributed by atoms with E-state index < -0.39 is 5.82 Å². The molecule has 0 saturated heterocycles. The molecule has 0 bridgehead atoms. The highest BCUT2D eigenvalue weighted by Gasteiger charge is 2.06. The molecule has 1 amide bonds. The van der Waals surface area contributed by atoms with Gasteiger partial charge in [0.25, 0.3) is 0 Å². The number of carbonyl (C=O) groups excluding carboxylic acids is 1. The number of nitrogens with one attached hydrogen (secondary N) is 1. The first kappa shape index (κ1) is 14.0. The van der Waals surface area contributed by atoms with Crippen LogP contribution in [0.3, 0.4) is 0 Å². The number of rotatable bonds is 6. The maximum absolute atomic E-state index is 13.4. The fourth-order valence-electron chi connectivity index (χ4n) is 1.21. The van der Waals surface area contributed by atoms with Gasteiger partial charge in [0, 0.05) is 12.9 Å². The van der Waals surface area contributed by atoms with Gasteiger partial charge in [0.1, 0.15) is 5.82 Å². The summed E-state index contributed by atoms with van der Waals surface area (Å²) >= 11 is 1.45. The fourth-order valence-corrected chi connectivity index (χ4v) is 1.90. The average Bonchev–Trinajstić information content (AvgIpc) is 2.28. The van der Waals surface area contributed by atoms with E-state index in [4.69, 9.17) is 4.74 Å². The van der Waals surface area contributed by atoms with Crippen LogP contribution in [0.5, 0.6) is 0 Å². The van der Waals surface area contributed by atoms with Gasteiger partial charge in [-0.2, -0.15) is 0 Å². The van der Waals surface area contributed by atoms with Crippen molar-refractivity contribution >= 4 is 23.4 Å². The standard InChI is InChI=1S/C12H16FNO2S/c1-9-3-4-11(10(13)7-9)14-12(15)8-17-6-5-16-2/h3-4,7H,5-6,8H2,1-2H3,(H,14,15). The van der Waals surface area contributed by atoms with E-state index in [2.05, 4.69) is 5.32 Å². The molecule has 0 spiro atoms. The molecule has 0 aliphatic carbocycles. The lowest BCUT2D eigenvalue weighted by molar-refractivity contribution is -0.113. The lowest BCUT2D eigenvalue weighted by atomic mass is 10.2. The van der Waals surface area contributed by atoms with Crippen LogP contribution in [0.4, 0.5) is 10.1 Å². The highest BCUT2D eigenvalue weighted by atomic mass is 32.2. The van der Waals surface area contributed by atoms with Crippen molar-refractivity contribution in [2.75, 3.05) is 30.5 Å². The van der Waals surface area contributed by atoms with E-state index >= 15 is 0 Å². The molecule has 0 aromatic heterocycles. The van der Waals surface area contributed by atoms with Crippen LogP contribution in [-0.4, -0.2) is 31.1 Å². The zero-order valence-electron chi connectivity index (χ0n) is 9.96. The molecule has 17 heavy (non-hydrogen) atoms. The number of benzene rings is 1. The molecule has 3 nitrogen and oxygen atoms in total. The Hall–Kier alpha value is -1.07. The van der Waals surface area contributed by atoms with Crippen LogP contribution in [0.1, 0.15) is 5.56 Å². The topological polar surface area (TPSA) is 38.3 Å². The van der Waals surface area contributed by atoms with Crippen LogP contribution in [0, 0.1) is 12.7 Å². The third-order valence-electron chi connectivity index (χ3n) is 2.06. The zero-order chi connectivity index (χ0) is 12.7. The van der Waals surface area contributed by atoms with E-state index in [1.165, 1.54) is 17.8 Å². The summed E-state index contributed by atoms with van der Waals surface area (Å²) < 4.78 is 18.3. The third kappa shape index (κ3) is 5.19. The smallest absolute Gasteiger partial charge is 0.234 e. The number of halogens is 1. The number of ether oxygens (including phenoxy) is 1. The summed E-state index contributed by atoms with van der Waals surface area (Å²) in [6.07, 6.45) is 0. The minimum absolute atomic E-state index is 0.200. The van der Waals surface area contributed by atoms with Gasteiger partial charge in [0.05, 0.1) is 18.0 Å². The van der Waals surface area contributed by atoms with E-state index in [1.54, 1.807) is 26.2 Å². The quantitative estimate of drug-likeness (QED) is 0.796. The molecular formula is C12H16FNO2S. The number of anilines is 1. The molecule has 0 radical (unpaired) electrons. The first-order chi connectivity index (χ1) is 8.13. The van der Waals surface area contributed by atoms with Crippen molar-refractivity contribution in [1.82, 2.24) is 0 Å². The van der Waals surface area contributed by atoms with Crippen LogP contribution in [0.25, 0.3) is 0 Å². The number of hydrogen-bond donors (Lipinski definition) is 1. The molecule has 1 aromatic carbocycles. The largest absolute Gasteiger partial charge is 0.384 e. The minimum atomic E-state index is -0.403. The highest BCUT2D eigenvalue weighted by molar-refractivity contribution is 7.99. The summed E-state index contributed by atoms with van der Waals surface area (Å²) in [4.78, 5) is 11.5. The monoisotopic (exact) mass is 257 g/mol. The Bertz CT molecular complexity index is 385. The van der Waals surface area contributed by atoms with Crippen LogP contribution >= 0.6 is 11.8 Å². The van der Waals surface area contributed by atoms with Gasteiger partial charge >= 0.3 is 0 Å². The molecule has 0 heterocycles. The molecule has 1 aromatic rings. The summed E-state index contributed by atoms with van der Waals surface area (Å²) in [5.41, 5.74) is 1.06. The second-order valence-electron chi connectivity index (χ2n) is 3.58. The van der Waals surface area contributed by atoms with Crippen molar-refractivity contribution in [2.24, 2.45) is 0 Å². The zero-order valence-corrected chi connectivity index (χ0v) is 10.8. The summed E-state index contributed by atoms with van der Waals surface area (Å²) in [7, 11) is 1.61. The lowest BCUT2D eigenvalue weighted by Crippen LogP contribution is -2.15. The second kappa shape index (κ2) is 7.29. The van der Waals surface area contributed by atoms with E-state index in [1.807, 2.05) is 0 Å². The lowest BCUT2D eigenvalue weighted by Gasteiger charge is -2.06. The summed E-state index contributed by atoms with van der Waals surface area (Å²) in [5, 5.41) is 2.54. The fraction of sp³-hybridized carbons (Fsp3) is 0.417. The number of carbonyl (C=O) groups is 1. The number of methoxy groups -OCH3 is 1. The summed E-state index contributed by atoms with van der Waals surface area (Å²) in [6, 6.07) is 4.73. The average molecular weight is 257 g/mol. The number of thioether (sulfide) groups is 1. The molecule has 0 fully saturated rings. The molecule has 1 N–H and O–H groups in total. The Labute approximate surface area is 105 Å². The Morgan fingerprint density at radius 2 is 2.29 bits per heavy atom. The predicted molar refractivity (Wildman–Crippen MR) is 69.0 cm³/mol. The van der Waals surface area contributed by atoms with Crippen molar-refractivity contribution in [3.63, 3.8) is 0 Å². The SMILES string of the molecule is COCCSCC(=O)Nc1ccc(C)cc1F. The summed E-state index contributed by atoms with van der Waals surface area (Å²) in [5.74, 6) is 0.450. The van der Waals surface area contributed by atoms with Gasteiger partial charge in [0.15, 0.2) is 0 Å². The molecule has 1 rings (SSSR count). The van der Waals surface area contributed by atoms with Gasteiger partial charge in [-0.25, -0.2) is 4.39 Å². The van der Waals surface area contributed by atoms with Gasteiger partial charge in [-0.05, 0) is 24.6 Å². The van der Waals surface area contributed by atoms with Gasteiger partial charge in [-0.1, -0.05) is 6.07 Å². The Balaban J connectivity index is 2.40. The van der Waals surface area contributed by atoms with Crippen molar-refractivity contribution in [1.29, 1.82) is 0 Å². The first-order valence-electron chi connectivity index (χ1n) is 5.26. The molecule has 0 saturated carbocycles. The van der Waals surface area contributed by atoms with E-state index in [0.29, 0.717) is 12.4 Å². The van der Waals surface area contributed by atoms with Crippen LogP contribution in [-0.2, 0) is 9.53 Å². The molecular weight excluding hydrogens is 241 g/mol. The molecule has 0 unspecified atom stereocenters. The Morgan fingerprint density at radius 3 is 2.94 bits per heavy atom. The van der Waals surface area contributed by atoms with Crippen LogP contribution < -0.4 is 5.32 Å². The van der Waals surface area contributed by atoms with Gasteiger partial charge in [0.2, 0.25) is 5.91 Å². The number of hydrogen-bond acceptors (Lipinski definition) is 3.